The van der Waals surface area contributed by atoms with Crippen LogP contribution in [0.1, 0.15) is 33.5 Å². The number of benzene rings is 2. The number of hydrogen-bond acceptors (Lipinski definition) is 3. The standard InChI is InChI=1S/C23H25N3O/c1-15-7-9-18(10-8-15)22-24-21-14-26(12-11-19(21)23(27)25-22)13-20-16(2)5-4-6-17(20)3/h4-10H,11-14H2,1-3H3,(H,24,25,27). The van der Waals surface area contributed by atoms with Gasteiger partial charge in [-0.05, 0) is 43.9 Å². The molecule has 0 fully saturated rings. The lowest BCUT2D eigenvalue weighted by atomic mass is 10.0. The Bertz CT molecular complexity index is 1010. The summed E-state index contributed by atoms with van der Waals surface area (Å²) in [5, 5.41) is 0. The Hall–Kier alpha value is -2.72. The van der Waals surface area contributed by atoms with Crippen LogP contribution in [0.3, 0.4) is 0 Å². The predicted molar refractivity (Wildman–Crippen MR) is 109 cm³/mol. The smallest absolute Gasteiger partial charge is 0.254 e. The maximum atomic E-state index is 12.6. The lowest BCUT2D eigenvalue weighted by molar-refractivity contribution is 0.239. The number of aromatic nitrogens is 2. The molecule has 4 heteroatoms. The molecule has 0 aliphatic carbocycles. The van der Waals surface area contributed by atoms with Crippen molar-refractivity contribution in [3.05, 3.63) is 86.3 Å². The Kier molecular flexibility index (Phi) is 4.66. The number of H-pyrrole nitrogens is 1. The SMILES string of the molecule is Cc1ccc(-c2nc3c(c(=O)[nH]2)CCN(Cc2c(C)cccc2C)C3)cc1. The summed E-state index contributed by atoms with van der Waals surface area (Å²) >= 11 is 0. The molecule has 1 aliphatic rings. The largest absolute Gasteiger partial charge is 0.306 e. The van der Waals surface area contributed by atoms with E-state index in [1.54, 1.807) is 0 Å². The maximum Gasteiger partial charge on any atom is 0.254 e. The van der Waals surface area contributed by atoms with Crippen LogP contribution >= 0.6 is 0 Å². The van der Waals surface area contributed by atoms with Gasteiger partial charge in [0.2, 0.25) is 0 Å². The van der Waals surface area contributed by atoms with Crippen LogP contribution in [-0.2, 0) is 19.5 Å². The molecule has 1 N–H and O–H groups in total. The first-order chi connectivity index (χ1) is 13.0. The van der Waals surface area contributed by atoms with E-state index in [1.165, 1.54) is 22.3 Å². The van der Waals surface area contributed by atoms with Crippen LogP contribution in [0.25, 0.3) is 11.4 Å². The third kappa shape index (κ3) is 3.58. The third-order valence-electron chi connectivity index (χ3n) is 5.50. The first-order valence-electron chi connectivity index (χ1n) is 9.48. The van der Waals surface area contributed by atoms with Crippen LogP contribution in [0.15, 0.2) is 47.3 Å². The van der Waals surface area contributed by atoms with Crippen LogP contribution in [-0.4, -0.2) is 21.4 Å². The van der Waals surface area contributed by atoms with Gasteiger partial charge in [-0.1, -0.05) is 48.0 Å². The molecule has 4 nitrogen and oxygen atoms in total. The van der Waals surface area contributed by atoms with Crippen molar-refractivity contribution in [2.24, 2.45) is 0 Å². The predicted octanol–water partition coefficient (Wildman–Crippen LogP) is 3.92. The van der Waals surface area contributed by atoms with Crippen LogP contribution in [0, 0.1) is 20.8 Å². The highest BCUT2D eigenvalue weighted by Crippen LogP contribution is 2.22. The van der Waals surface area contributed by atoms with Crippen LogP contribution in [0.2, 0.25) is 0 Å². The van der Waals surface area contributed by atoms with E-state index in [4.69, 9.17) is 4.98 Å². The van der Waals surface area contributed by atoms with E-state index >= 15 is 0 Å². The Labute approximate surface area is 159 Å². The molecule has 27 heavy (non-hydrogen) atoms. The van der Waals surface area contributed by atoms with Gasteiger partial charge in [0.15, 0.2) is 0 Å². The fourth-order valence-corrected chi connectivity index (χ4v) is 3.80. The third-order valence-corrected chi connectivity index (χ3v) is 5.50. The molecule has 0 atom stereocenters. The van der Waals surface area contributed by atoms with Crippen LogP contribution in [0.4, 0.5) is 0 Å². The molecular weight excluding hydrogens is 334 g/mol. The van der Waals surface area contributed by atoms with Gasteiger partial charge in [0.1, 0.15) is 5.82 Å². The minimum atomic E-state index is 0.00213. The number of aromatic amines is 1. The fourth-order valence-electron chi connectivity index (χ4n) is 3.80. The zero-order valence-electron chi connectivity index (χ0n) is 16.2. The topological polar surface area (TPSA) is 49.0 Å². The Morgan fingerprint density at radius 2 is 1.74 bits per heavy atom. The van der Waals surface area contributed by atoms with Crippen molar-refractivity contribution >= 4 is 0 Å². The summed E-state index contributed by atoms with van der Waals surface area (Å²) in [5.41, 5.74) is 7.91. The van der Waals surface area contributed by atoms with Crippen molar-refractivity contribution in [2.45, 2.75) is 40.3 Å². The van der Waals surface area contributed by atoms with Crippen molar-refractivity contribution in [2.75, 3.05) is 6.54 Å². The van der Waals surface area contributed by atoms with Crippen molar-refractivity contribution in [1.29, 1.82) is 0 Å². The van der Waals surface area contributed by atoms with Gasteiger partial charge in [0, 0.05) is 30.8 Å². The van der Waals surface area contributed by atoms with E-state index in [9.17, 15) is 4.79 Å². The normalized spacial score (nSPS) is 14.2. The van der Waals surface area contributed by atoms with E-state index in [1.807, 2.05) is 24.3 Å². The number of fused-ring (bicyclic) bond motifs is 1. The molecule has 138 valence electrons. The van der Waals surface area contributed by atoms with Gasteiger partial charge in [-0.15, -0.1) is 0 Å². The molecule has 0 bridgehead atoms. The molecule has 1 aliphatic heterocycles. The molecule has 2 heterocycles. The zero-order valence-corrected chi connectivity index (χ0v) is 16.2. The number of hydrogen-bond donors (Lipinski definition) is 1. The quantitative estimate of drug-likeness (QED) is 0.771. The van der Waals surface area contributed by atoms with Gasteiger partial charge in [-0.3, -0.25) is 9.69 Å². The van der Waals surface area contributed by atoms with E-state index in [2.05, 4.69) is 48.9 Å². The minimum Gasteiger partial charge on any atom is -0.306 e. The Balaban J connectivity index is 1.63. The molecule has 0 saturated carbocycles. The average Bonchev–Trinajstić information content (AvgIpc) is 2.65. The van der Waals surface area contributed by atoms with Crippen LogP contribution in [0.5, 0.6) is 0 Å². The summed E-state index contributed by atoms with van der Waals surface area (Å²) in [6, 6.07) is 14.5. The second kappa shape index (κ2) is 7.12. The highest BCUT2D eigenvalue weighted by molar-refractivity contribution is 5.55. The second-order valence-electron chi connectivity index (χ2n) is 7.54. The zero-order chi connectivity index (χ0) is 19.0. The molecule has 1 aromatic heterocycles. The number of rotatable bonds is 3. The molecule has 4 rings (SSSR count). The molecule has 2 aromatic carbocycles. The molecular formula is C23H25N3O. The van der Waals surface area contributed by atoms with Gasteiger partial charge >= 0.3 is 0 Å². The summed E-state index contributed by atoms with van der Waals surface area (Å²) in [6.45, 7) is 8.88. The van der Waals surface area contributed by atoms with E-state index in [-0.39, 0.29) is 5.56 Å². The molecule has 0 saturated heterocycles. The molecule has 0 spiro atoms. The number of nitrogens with one attached hydrogen (secondary N) is 1. The lowest BCUT2D eigenvalue weighted by Crippen LogP contribution is -2.35. The molecule has 0 unspecified atom stereocenters. The number of aryl methyl sites for hydroxylation is 3. The second-order valence-corrected chi connectivity index (χ2v) is 7.54. The van der Waals surface area contributed by atoms with Gasteiger partial charge in [0.25, 0.3) is 5.56 Å². The van der Waals surface area contributed by atoms with Crippen LogP contribution < -0.4 is 5.56 Å². The van der Waals surface area contributed by atoms with E-state index in [0.29, 0.717) is 12.4 Å². The Morgan fingerprint density at radius 3 is 2.44 bits per heavy atom. The molecule has 0 amide bonds. The first kappa shape index (κ1) is 17.7. The van der Waals surface area contributed by atoms with Crippen molar-refractivity contribution in [1.82, 2.24) is 14.9 Å². The van der Waals surface area contributed by atoms with Crippen molar-refractivity contribution < 1.29 is 0 Å². The Morgan fingerprint density at radius 1 is 1.04 bits per heavy atom. The summed E-state index contributed by atoms with van der Waals surface area (Å²) in [6.07, 6.45) is 0.747. The van der Waals surface area contributed by atoms with E-state index in [0.717, 1.165) is 36.3 Å². The van der Waals surface area contributed by atoms with Crippen molar-refractivity contribution in [3.8, 4) is 11.4 Å². The average molecular weight is 359 g/mol. The summed E-state index contributed by atoms with van der Waals surface area (Å²) < 4.78 is 0. The lowest BCUT2D eigenvalue weighted by Gasteiger charge is -2.28. The van der Waals surface area contributed by atoms with Gasteiger partial charge < -0.3 is 4.98 Å². The summed E-state index contributed by atoms with van der Waals surface area (Å²) in [4.78, 5) is 22.8. The maximum absolute atomic E-state index is 12.6. The van der Waals surface area contributed by atoms with Crippen molar-refractivity contribution in [3.63, 3.8) is 0 Å². The monoisotopic (exact) mass is 359 g/mol. The molecule has 0 radical (unpaired) electrons. The fraction of sp³-hybridized carbons (Fsp3) is 0.304. The summed E-state index contributed by atoms with van der Waals surface area (Å²) in [7, 11) is 0. The minimum absolute atomic E-state index is 0.00213. The highest BCUT2D eigenvalue weighted by atomic mass is 16.1. The van der Waals surface area contributed by atoms with Gasteiger partial charge in [-0.25, -0.2) is 4.98 Å². The molecule has 3 aromatic rings. The highest BCUT2D eigenvalue weighted by Gasteiger charge is 2.22. The van der Waals surface area contributed by atoms with Gasteiger partial charge in [0.05, 0.1) is 5.69 Å². The summed E-state index contributed by atoms with van der Waals surface area (Å²) in [5.74, 6) is 0.660. The van der Waals surface area contributed by atoms with E-state index < -0.39 is 0 Å². The van der Waals surface area contributed by atoms with Gasteiger partial charge in [-0.2, -0.15) is 0 Å². The number of nitrogens with zero attached hydrogens (tertiary/aromatic N) is 2. The first-order valence-corrected chi connectivity index (χ1v) is 9.48.